The molecule has 2 heterocycles. The minimum Gasteiger partial charge on any atom is -0.354 e. The van der Waals surface area contributed by atoms with Gasteiger partial charge in [-0.15, -0.1) is 0 Å². The second kappa shape index (κ2) is 3.19. The van der Waals surface area contributed by atoms with E-state index in [-0.39, 0.29) is 24.5 Å². The van der Waals surface area contributed by atoms with Crippen molar-refractivity contribution in [2.24, 2.45) is 5.92 Å². The van der Waals surface area contributed by atoms with Crippen LogP contribution in [0.5, 0.6) is 0 Å². The third kappa shape index (κ3) is 1.32. The lowest BCUT2D eigenvalue weighted by Gasteiger charge is -2.29. The van der Waals surface area contributed by atoms with Crippen molar-refractivity contribution < 1.29 is 13.9 Å². The Morgan fingerprint density at radius 2 is 2.36 bits per heavy atom. The molecule has 2 atom stereocenters. The molecule has 80 valence electrons. The Kier molecular flexibility index (Phi) is 2.26. The van der Waals surface area contributed by atoms with Gasteiger partial charge in [0.25, 0.3) is 0 Å². The molecule has 0 aromatic rings. The van der Waals surface area contributed by atoms with Crippen LogP contribution in [0, 0.1) is 5.92 Å². The number of nitrogens with zero attached hydrogens (tertiary/aromatic N) is 1. The SMILES string of the molecule is CC1(C)OCC2C(CCF)CC(=O)N21. The van der Waals surface area contributed by atoms with Crippen molar-refractivity contribution in [3.05, 3.63) is 0 Å². The van der Waals surface area contributed by atoms with Crippen molar-refractivity contribution in [3.8, 4) is 0 Å². The first kappa shape index (κ1) is 9.90. The number of ether oxygens (including phenoxy) is 1. The highest BCUT2D eigenvalue weighted by molar-refractivity contribution is 5.80. The first-order chi connectivity index (χ1) is 6.56. The molecule has 0 aliphatic carbocycles. The van der Waals surface area contributed by atoms with E-state index < -0.39 is 5.72 Å². The highest BCUT2D eigenvalue weighted by Crippen LogP contribution is 2.39. The maximum absolute atomic E-state index is 12.3. The topological polar surface area (TPSA) is 29.5 Å². The number of carbonyl (C=O) groups is 1. The summed E-state index contributed by atoms with van der Waals surface area (Å²) in [7, 11) is 0. The molecule has 2 saturated heterocycles. The van der Waals surface area contributed by atoms with E-state index >= 15 is 0 Å². The maximum atomic E-state index is 12.3. The van der Waals surface area contributed by atoms with Gasteiger partial charge in [0, 0.05) is 6.42 Å². The van der Waals surface area contributed by atoms with E-state index in [0.717, 1.165) is 0 Å². The van der Waals surface area contributed by atoms with E-state index in [1.54, 1.807) is 4.90 Å². The van der Waals surface area contributed by atoms with E-state index in [9.17, 15) is 9.18 Å². The van der Waals surface area contributed by atoms with Crippen LogP contribution in [-0.2, 0) is 9.53 Å². The molecular formula is C10H16FNO2. The van der Waals surface area contributed by atoms with Crippen molar-refractivity contribution in [2.75, 3.05) is 13.3 Å². The number of alkyl halides is 1. The van der Waals surface area contributed by atoms with Crippen LogP contribution in [-0.4, -0.2) is 35.9 Å². The van der Waals surface area contributed by atoms with Gasteiger partial charge in [0.15, 0.2) is 0 Å². The molecule has 2 unspecified atom stereocenters. The Morgan fingerprint density at radius 3 is 3.00 bits per heavy atom. The van der Waals surface area contributed by atoms with Crippen LogP contribution in [0.15, 0.2) is 0 Å². The zero-order chi connectivity index (χ0) is 10.3. The second-order valence-electron chi connectivity index (χ2n) is 4.53. The number of amides is 1. The van der Waals surface area contributed by atoms with E-state index in [1.807, 2.05) is 13.8 Å². The highest BCUT2D eigenvalue weighted by atomic mass is 19.1. The third-order valence-corrected chi connectivity index (χ3v) is 3.25. The van der Waals surface area contributed by atoms with Crippen LogP contribution < -0.4 is 0 Å². The van der Waals surface area contributed by atoms with Gasteiger partial charge in [-0.05, 0) is 26.2 Å². The molecule has 2 aliphatic heterocycles. The first-order valence-corrected chi connectivity index (χ1v) is 5.08. The fraction of sp³-hybridized carbons (Fsp3) is 0.900. The molecule has 0 radical (unpaired) electrons. The van der Waals surface area contributed by atoms with Gasteiger partial charge < -0.3 is 9.64 Å². The Labute approximate surface area is 83.2 Å². The van der Waals surface area contributed by atoms with Crippen molar-refractivity contribution in [3.63, 3.8) is 0 Å². The summed E-state index contributed by atoms with van der Waals surface area (Å²) < 4.78 is 17.8. The van der Waals surface area contributed by atoms with E-state index in [0.29, 0.717) is 19.4 Å². The molecule has 0 aromatic carbocycles. The van der Waals surface area contributed by atoms with Crippen LogP contribution in [0.4, 0.5) is 4.39 Å². The van der Waals surface area contributed by atoms with Crippen molar-refractivity contribution in [1.82, 2.24) is 4.90 Å². The minimum absolute atomic E-state index is 0.105. The van der Waals surface area contributed by atoms with E-state index in [1.165, 1.54) is 0 Å². The van der Waals surface area contributed by atoms with Crippen LogP contribution >= 0.6 is 0 Å². The standard InChI is InChI=1S/C10H16FNO2/c1-10(2)12-8(6-14-10)7(3-4-11)5-9(12)13/h7-8H,3-6H2,1-2H3. The summed E-state index contributed by atoms with van der Waals surface area (Å²) in [6.07, 6.45) is 0.966. The van der Waals surface area contributed by atoms with Crippen LogP contribution in [0.3, 0.4) is 0 Å². The average Bonchev–Trinajstić information content (AvgIpc) is 2.55. The van der Waals surface area contributed by atoms with Gasteiger partial charge in [-0.3, -0.25) is 9.18 Å². The molecular weight excluding hydrogens is 185 g/mol. The molecule has 0 N–H and O–H groups in total. The lowest BCUT2D eigenvalue weighted by atomic mass is 9.98. The average molecular weight is 201 g/mol. The predicted octanol–water partition coefficient (Wildman–Crippen LogP) is 1.33. The molecule has 0 bridgehead atoms. The van der Waals surface area contributed by atoms with E-state index in [4.69, 9.17) is 4.74 Å². The summed E-state index contributed by atoms with van der Waals surface area (Å²) in [5, 5.41) is 0. The lowest BCUT2D eigenvalue weighted by Crippen LogP contribution is -2.43. The van der Waals surface area contributed by atoms with Gasteiger partial charge >= 0.3 is 0 Å². The quantitative estimate of drug-likeness (QED) is 0.674. The summed E-state index contributed by atoms with van der Waals surface area (Å²) in [5.41, 5.74) is -0.493. The third-order valence-electron chi connectivity index (χ3n) is 3.25. The summed E-state index contributed by atoms with van der Waals surface area (Å²) in [4.78, 5) is 13.5. The van der Waals surface area contributed by atoms with Crippen molar-refractivity contribution >= 4 is 5.91 Å². The molecule has 0 aromatic heterocycles. The van der Waals surface area contributed by atoms with Gasteiger partial charge in [0.1, 0.15) is 5.72 Å². The fourth-order valence-corrected chi connectivity index (χ4v) is 2.56. The number of fused-ring (bicyclic) bond motifs is 1. The van der Waals surface area contributed by atoms with Gasteiger partial charge in [0.05, 0.1) is 19.3 Å². The van der Waals surface area contributed by atoms with Crippen molar-refractivity contribution in [2.45, 2.75) is 38.5 Å². The first-order valence-electron chi connectivity index (χ1n) is 5.08. The molecule has 14 heavy (non-hydrogen) atoms. The molecule has 0 saturated carbocycles. The molecule has 2 fully saturated rings. The largest absolute Gasteiger partial charge is 0.354 e. The number of hydrogen-bond acceptors (Lipinski definition) is 2. The van der Waals surface area contributed by atoms with Gasteiger partial charge in [-0.1, -0.05) is 0 Å². The summed E-state index contributed by atoms with van der Waals surface area (Å²) >= 11 is 0. The van der Waals surface area contributed by atoms with Gasteiger partial charge in [0.2, 0.25) is 5.91 Å². The number of rotatable bonds is 2. The Morgan fingerprint density at radius 1 is 1.64 bits per heavy atom. The Balaban J connectivity index is 2.16. The second-order valence-corrected chi connectivity index (χ2v) is 4.53. The molecule has 3 nitrogen and oxygen atoms in total. The number of halogens is 1. The smallest absolute Gasteiger partial charge is 0.225 e. The zero-order valence-corrected chi connectivity index (χ0v) is 8.62. The van der Waals surface area contributed by atoms with Crippen molar-refractivity contribution in [1.29, 1.82) is 0 Å². The van der Waals surface area contributed by atoms with E-state index in [2.05, 4.69) is 0 Å². The number of hydrogen-bond donors (Lipinski definition) is 0. The molecule has 2 aliphatic rings. The molecule has 2 rings (SSSR count). The minimum atomic E-state index is -0.493. The summed E-state index contributed by atoms with van der Waals surface area (Å²) in [5.74, 6) is 0.255. The fourth-order valence-electron chi connectivity index (χ4n) is 2.56. The molecule has 0 spiro atoms. The summed E-state index contributed by atoms with van der Waals surface area (Å²) in [6, 6.07) is 0.105. The monoisotopic (exact) mass is 201 g/mol. The van der Waals surface area contributed by atoms with Crippen LogP contribution in [0.2, 0.25) is 0 Å². The van der Waals surface area contributed by atoms with Crippen LogP contribution in [0.1, 0.15) is 26.7 Å². The Hall–Kier alpha value is -0.640. The molecule has 1 amide bonds. The van der Waals surface area contributed by atoms with Gasteiger partial charge in [-0.25, -0.2) is 0 Å². The maximum Gasteiger partial charge on any atom is 0.225 e. The summed E-state index contributed by atoms with van der Waals surface area (Å²) in [6.45, 7) is 4.00. The lowest BCUT2D eigenvalue weighted by molar-refractivity contribution is -0.141. The van der Waals surface area contributed by atoms with Gasteiger partial charge in [-0.2, -0.15) is 0 Å². The molecule has 4 heteroatoms. The van der Waals surface area contributed by atoms with Crippen LogP contribution in [0.25, 0.3) is 0 Å². The number of carbonyl (C=O) groups excluding carboxylic acids is 1. The highest BCUT2D eigenvalue weighted by Gasteiger charge is 2.51. The normalized spacial score (nSPS) is 35.1. The zero-order valence-electron chi connectivity index (χ0n) is 8.62. The predicted molar refractivity (Wildman–Crippen MR) is 49.4 cm³/mol. The Bertz CT molecular complexity index is 255.